The van der Waals surface area contributed by atoms with E-state index >= 15 is 0 Å². The van der Waals surface area contributed by atoms with Crippen LogP contribution in [0.15, 0.2) is 6.20 Å². The van der Waals surface area contributed by atoms with Gasteiger partial charge in [0, 0.05) is 6.20 Å². The first-order valence-corrected chi connectivity index (χ1v) is 5.12. The monoisotopic (exact) mass is 215 g/mol. The molecule has 1 aromatic rings. The van der Waals surface area contributed by atoms with Crippen molar-refractivity contribution in [3.63, 3.8) is 0 Å². The van der Waals surface area contributed by atoms with Crippen LogP contribution in [-0.4, -0.2) is 22.7 Å². The third-order valence-electron chi connectivity index (χ3n) is 1.77. The summed E-state index contributed by atoms with van der Waals surface area (Å²) in [6.07, 6.45) is 1.50. The lowest BCUT2D eigenvalue weighted by atomic mass is 10.1. The van der Waals surface area contributed by atoms with Gasteiger partial charge < -0.3 is 9.84 Å². The number of esters is 1. The van der Waals surface area contributed by atoms with Crippen LogP contribution in [0.3, 0.4) is 0 Å². The summed E-state index contributed by atoms with van der Waals surface area (Å²) in [5.41, 5.74) is -1.58. The summed E-state index contributed by atoms with van der Waals surface area (Å²) in [7, 11) is 0. The molecule has 14 heavy (non-hydrogen) atoms. The van der Waals surface area contributed by atoms with Gasteiger partial charge in [0.2, 0.25) is 0 Å². The van der Waals surface area contributed by atoms with E-state index in [4.69, 9.17) is 4.74 Å². The van der Waals surface area contributed by atoms with E-state index in [1.54, 1.807) is 6.92 Å². The zero-order chi connectivity index (χ0) is 10.8. The smallest absolute Gasteiger partial charge is 0.343 e. The number of carbonyl (C=O) groups is 1. The number of aryl methyl sites for hydroxylation is 1. The molecule has 1 N–H and O–H groups in total. The van der Waals surface area contributed by atoms with Crippen LogP contribution in [0.4, 0.5) is 0 Å². The molecule has 1 rings (SSSR count). The first kappa shape index (κ1) is 11.1. The molecule has 1 aromatic heterocycles. The van der Waals surface area contributed by atoms with Gasteiger partial charge in [0.1, 0.15) is 0 Å². The van der Waals surface area contributed by atoms with Gasteiger partial charge in [-0.2, -0.15) is 0 Å². The molecule has 0 amide bonds. The second-order valence-corrected chi connectivity index (χ2v) is 4.27. The normalized spacial score (nSPS) is 14.9. The molecule has 0 aliphatic heterocycles. The van der Waals surface area contributed by atoms with Crippen LogP contribution in [0, 0.1) is 6.92 Å². The summed E-state index contributed by atoms with van der Waals surface area (Å²) in [6.45, 7) is 5.19. The van der Waals surface area contributed by atoms with Crippen LogP contribution in [0.25, 0.3) is 0 Å². The number of rotatable bonds is 3. The van der Waals surface area contributed by atoms with Crippen molar-refractivity contribution in [1.82, 2.24) is 4.98 Å². The summed E-state index contributed by atoms with van der Waals surface area (Å²) in [4.78, 5) is 15.9. The van der Waals surface area contributed by atoms with Crippen LogP contribution in [0.2, 0.25) is 0 Å². The molecule has 0 saturated heterocycles. The average molecular weight is 215 g/mol. The highest BCUT2D eigenvalue weighted by Gasteiger charge is 2.35. The zero-order valence-electron chi connectivity index (χ0n) is 8.40. The Kier molecular flexibility index (Phi) is 3.23. The lowest BCUT2D eigenvalue weighted by Gasteiger charge is -2.18. The molecule has 0 aliphatic rings. The number of hydrogen-bond acceptors (Lipinski definition) is 5. The molecule has 4 nitrogen and oxygen atoms in total. The van der Waals surface area contributed by atoms with Gasteiger partial charge >= 0.3 is 5.97 Å². The van der Waals surface area contributed by atoms with Gasteiger partial charge in [-0.15, -0.1) is 11.3 Å². The van der Waals surface area contributed by atoms with Gasteiger partial charge in [-0.3, -0.25) is 0 Å². The van der Waals surface area contributed by atoms with Crippen LogP contribution in [0.5, 0.6) is 0 Å². The lowest BCUT2D eigenvalue weighted by Crippen LogP contribution is -2.33. The highest BCUT2D eigenvalue weighted by atomic mass is 32.1. The Morgan fingerprint density at radius 1 is 1.79 bits per heavy atom. The van der Waals surface area contributed by atoms with Crippen LogP contribution < -0.4 is 0 Å². The van der Waals surface area contributed by atoms with Crippen molar-refractivity contribution >= 4 is 17.3 Å². The number of aromatic nitrogens is 1. The largest absolute Gasteiger partial charge is 0.464 e. The Bertz CT molecular complexity index is 333. The number of thiazole rings is 1. The Morgan fingerprint density at radius 2 is 2.43 bits per heavy atom. The van der Waals surface area contributed by atoms with E-state index < -0.39 is 11.6 Å². The highest BCUT2D eigenvalue weighted by Crippen LogP contribution is 2.27. The number of hydrogen-bond donors (Lipinski definition) is 1. The second kappa shape index (κ2) is 4.06. The average Bonchev–Trinajstić information content (AvgIpc) is 2.52. The summed E-state index contributed by atoms with van der Waals surface area (Å²) >= 11 is 1.29. The van der Waals surface area contributed by atoms with Crippen molar-refractivity contribution in [2.24, 2.45) is 0 Å². The van der Waals surface area contributed by atoms with Gasteiger partial charge in [-0.25, -0.2) is 9.78 Å². The van der Waals surface area contributed by atoms with Crippen molar-refractivity contribution in [3.05, 3.63) is 16.1 Å². The van der Waals surface area contributed by atoms with Gasteiger partial charge in [0.05, 0.1) is 16.5 Å². The van der Waals surface area contributed by atoms with E-state index in [-0.39, 0.29) is 6.61 Å². The summed E-state index contributed by atoms with van der Waals surface area (Å²) in [6, 6.07) is 0. The molecule has 0 saturated carbocycles. The van der Waals surface area contributed by atoms with Crippen LogP contribution in [0.1, 0.15) is 23.7 Å². The molecular weight excluding hydrogens is 202 g/mol. The predicted molar refractivity (Wildman–Crippen MR) is 53.1 cm³/mol. The summed E-state index contributed by atoms with van der Waals surface area (Å²) < 4.78 is 4.76. The fourth-order valence-corrected chi connectivity index (χ4v) is 1.77. The molecule has 5 heteroatoms. The Labute approximate surface area is 86.6 Å². The molecule has 1 atom stereocenters. The number of carbonyl (C=O) groups excluding carboxylic acids is 1. The van der Waals surface area contributed by atoms with Gasteiger partial charge in [0.25, 0.3) is 0 Å². The minimum Gasteiger partial charge on any atom is -0.464 e. The number of aliphatic hydroxyl groups is 1. The van der Waals surface area contributed by atoms with E-state index in [0.717, 1.165) is 5.01 Å². The Balaban J connectivity index is 2.89. The van der Waals surface area contributed by atoms with Crippen LogP contribution in [-0.2, 0) is 15.1 Å². The van der Waals surface area contributed by atoms with Gasteiger partial charge in [-0.1, -0.05) is 0 Å². The minimum atomic E-state index is -1.58. The van der Waals surface area contributed by atoms with E-state index in [0.29, 0.717) is 4.88 Å². The minimum absolute atomic E-state index is 0.257. The fraction of sp³-hybridized carbons (Fsp3) is 0.556. The molecule has 0 unspecified atom stereocenters. The first-order chi connectivity index (χ1) is 6.48. The zero-order valence-corrected chi connectivity index (χ0v) is 9.22. The number of ether oxygens (including phenoxy) is 1. The van der Waals surface area contributed by atoms with Crippen molar-refractivity contribution in [1.29, 1.82) is 0 Å². The molecule has 0 aromatic carbocycles. The standard InChI is InChI=1S/C9H13NO3S/c1-4-13-8(11)9(3,12)7-5-10-6(2)14-7/h5,12H,4H2,1-3H3/t9-/m0/s1. The first-order valence-electron chi connectivity index (χ1n) is 4.31. The van der Waals surface area contributed by atoms with E-state index in [1.165, 1.54) is 24.5 Å². The lowest BCUT2D eigenvalue weighted by molar-refractivity contribution is -0.163. The number of nitrogens with zero attached hydrogens (tertiary/aromatic N) is 1. The Morgan fingerprint density at radius 3 is 2.86 bits per heavy atom. The maximum absolute atomic E-state index is 11.4. The van der Waals surface area contributed by atoms with Gasteiger partial charge in [-0.05, 0) is 20.8 Å². The quantitative estimate of drug-likeness (QED) is 0.770. The molecular formula is C9H13NO3S. The summed E-state index contributed by atoms with van der Waals surface area (Å²) in [5, 5.41) is 10.7. The second-order valence-electron chi connectivity index (χ2n) is 3.04. The molecule has 0 bridgehead atoms. The fourth-order valence-electron chi connectivity index (χ4n) is 0.959. The van der Waals surface area contributed by atoms with Crippen molar-refractivity contribution in [3.8, 4) is 0 Å². The predicted octanol–water partition coefficient (Wildman–Crippen LogP) is 1.22. The molecule has 0 radical (unpaired) electrons. The van der Waals surface area contributed by atoms with Gasteiger partial charge in [0.15, 0.2) is 5.60 Å². The molecule has 0 spiro atoms. The highest BCUT2D eigenvalue weighted by molar-refractivity contribution is 7.11. The maximum Gasteiger partial charge on any atom is 0.343 e. The van der Waals surface area contributed by atoms with E-state index in [2.05, 4.69) is 4.98 Å². The third-order valence-corrected chi connectivity index (χ3v) is 2.90. The van der Waals surface area contributed by atoms with Crippen LogP contribution >= 0.6 is 11.3 Å². The van der Waals surface area contributed by atoms with Crippen molar-refractivity contribution in [2.45, 2.75) is 26.4 Å². The summed E-state index contributed by atoms with van der Waals surface area (Å²) in [5.74, 6) is -0.636. The molecule has 78 valence electrons. The SMILES string of the molecule is CCOC(=O)[C@@](C)(O)c1cnc(C)s1. The topological polar surface area (TPSA) is 59.4 Å². The van der Waals surface area contributed by atoms with Crippen molar-refractivity contribution < 1.29 is 14.6 Å². The van der Waals surface area contributed by atoms with Crippen molar-refractivity contribution in [2.75, 3.05) is 6.61 Å². The maximum atomic E-state index is 11.4. The molecule has 0 aliphatic carbocycles. The third kappa shape index (κ3) is 2.10. The molecule has 1 heterocycles. The van der Waals surface area contributed by atoms with E-state index in [9.17, 15) is 9.90 Å². The molecule has 0 fully saturated rings. The van der Waals surface area contributed by atoms with E-state index in [1.807, 2.05) is 6.92 Å². The Hall–Kier alpha value is -0.940.